The topological polar surface area (TPSA) is 45.5 Å². The number of benzene rings is 1. The summed E-state index contributed by atoms with van der Waals surface area (Å²) in [4.78, 5) is 14.2. The van der Waals surface area contributed by atoms with Gasteiger partial charge < -0.3 is 14.6 Å². The number of amides is 1. The lowest BCUT2D eigenvalue weighted by Crippen LogP contribution is -2.30. The third-order valence-corrected chi connectivity index (χ3v) is 6.05. The van der Waals surface area contributed by atoms with Gasteiger partial charge in [0.25, 0.3) is 0 Å². The third kappa shape index (κ3) is 3.00. The molecule has 0 bridgehead atoms. The molecule has 22 heavy (non-hydrogen) atoms. The smallest absolute Gasteiger partial charge is 0.233 e. The fraction of sp³-hybridized carbons (Fsp3) is 0.438. The van der Waals surface area contributed by atoms with Gasteiger partial charge in [-0.25, -0.2) is 0 Å². The predicted octanol–water partition coefficient (Wildman–Crippen LogP) is 2.48. The average Bonchev–Trinajstić information content (AvgIpc) is 3.05. The summed E-state index contributed by atoms with van der Waals surface area (Å²) >= 11 is 3.40. The second kappa shape index (κ2) is 6.98. The number of aromatic nitrogens is 1. The summed E-state index contributed by atoms with van der Waals surface area (Å²) in [6.45, 7) is 0.935. The maximum absolute atomic E-state index is 12.2. The van der Waals surface area contributed by atoms with E-state index in [1.807, 2.05) is 11.0 Å². The van der Waals surface area contributed by atoms with Crippen molar-refractivity contribution in [3.8, 4) is 0 Å². The summed E-state index contributed by atoms with van der Waals surface area (Å²) < 4.78 is 2.13. The molecule has 1 aromatic heterocycles. The summed E-state index contributed by atoms with van der Waals surface area (Å²) in [5.74, 6) is 2.37. The number of hydrogen-bond donors (Lipinski definition) is 1. The van der Waals surface area contributed by atoms with Crippen molar-refractivity contribution >= 4 is 40.3 Å². The predicted molar refractivity (Wildman–Crippen MR) is 94.2 cm³/mol. The van der Waals surface area contributed by atoms with E-state index in [1.54, 1.807) is 23.5 Å². The first-order valence-corrected chi connectivity index (χ1v) is 9.56. The molecule has 1 aliphatic rings. The lowest BCUT2D eigenvalue weighted by Gasteiger charge is -2.23. The number of carbonyl (C=O) groups excluding carboxylic acids is 1. The van der Waals surface area contributed by atoms with Crippen molar-refractivity contribution in [2.45, 2.75) is 5.37 Å². The van der Waals surface area contributed by atoms with E-state index in [1.165, 1.54) is 16.5 Å². The Morgan fingerprint density at radius 1 is 1.36 bits per heavy atom. The molecule has 1 aromatic carbocycles. The van der Waals surface area contributed by atoms with Crippen LogP contribution in [0, 0.1) is 0 Å². The molecule has 1 unspecified atom stereocenters. The van der Waals surface area contributed by atoms with E-state index in [2.05, 4.69) is 36.0 Å². The van der Waals surface area contributed by atoms with Gasteiger partial charge in [-0.05, 0) is 6.07 Å². The van der Waals surface area contributed by atoms with Gasteiger partial charge in [0, 0.05) is 47.8 Å². The normalized spacial score (nSPS) is 18.5. The highest BCUT2D eigenvalue weighted by Crippen LogP contribution is 2.41. The van der Waals surface area contributed by atoms with Crippen LogP contribution in [0.3, 0.4) is 0 Å². The van der Waals surface area contributed by atoms with Crippen molar-refractivity contribution < 1.29 is 9.90 Å². The van der Waals surface area contributed by atoms with E-state index in [9.17, 15) is 4.79 Å². The Morgan fingerprint density at radius 2 is 2.18 bits per heavy atom. The van der Waals surface area contributed by atoms with E-state index in [0.29, 0.717) is 5.75 Å². The van der Waals surface area contributed by atoms with Gasteiger partial charge in [0.05, 0.1) is 12.4 Å². The number of nitrogens with zero attached hydrogens (tertiary/aromatic N) is 2. The fourth-order valence-electron chi connectivity index (χ4n) is 2.85. The number of aliphatic hydroxyl groups excluding tert-OH is 1. The summed E-state index contributed by atoms with van der Waals surface area (Å²) in [5.41, 5.74) is 2.42. The minimum atomic E-state index is 0.105. The molecule has 1 atom stereocenters. The summed E-state index contributed by atoms with van der Waals surface area (Å²) in [7, 11) is 2.05. The number of para-hydroxylation sites is 1. The van der Waals surface area contributed by atoms with Crippen LogP contribution in [0.4, 0.5) is 0 Å². The van der Waals surface area contributed by atoms with Crippen molar-refractivity contribution in [1.29, 1.82) is 0 Å². The number of rotatable bonds is 6. The molecule has 6 heteroatoms. The largest absolute Gasteiger partial charge is 0.396 e. The molecule has 1 fully saturated rings. The second-order valence-corrected chi connectivity index (χ2v) is 7.59. The minimum Gasteiger partial charge on any atom is -0.396 e. The van der Waals surface area contributed by atoms with Crippen LogP contribution in [0.1, 0.15) is 10.9 Å². The molecule has 1 aliphatic heterocycles. The van der Waals surface area contributed by atoms with Gasteiger partial charge in [-0.1, -0.05) is 18.2 Å². The summed E-state index contributed by atoms with van der Waals surface area (Å²) in [6, 6.07) is 8.34. The number of fused-ring (bicyclic) bond motifs is 1. The van der Waals surface area contributed by atoms with Crippen molar-refractivity contribution in [3.63, 3.8) is 0 Å². The maximum atomic E-state index is 12.2. The first-order chi connectivity index (χ1) is 10.7. The summed E-state index contributed by atoms with van der Waals surface area (Å²) in [6.07, 6.45) is 2.15. The SMILES string of the molecule is Cn1cc(C2SCC(=O)N2CCSCCO)c2ccccc21. The van der Waals surface area contributed by atoms with Crippen molar-refractivity contribution in [2.75, 3.05) is 30.4 Å². The van der Waals surface area contributed by atoms with Crippen LogP contribution in [0.2, 0.25) is 0 Å². The van der Waals surface area contributed by atoms with E-state index in [-0.39, 0.29) is 17.9 Å². The van der Waals surface area contributed by atoms with Crippen molar-refractivity contribution in [1.82, 2.24) is 9.47 Å². The molecular weight excluding hydrogens is 316 g/mol. The number of aliphatic hydroxyl groups is 1. The molecule has 0 saturated carbocycles. The molecule has 4 nitrogen and oxygen atoms in total. The van der Waals surface area contributed by atoms with Crippen molar-refractivity contribution in [2.24, 2.45) is 7.05 Å². The molecular formula is C16H20N2O2S2. The van der Waals surface area contributed by atoms with Gasteiger partial charge in [0.15, 0.2) is 0 Å². The molecule has 0 radical (unpaired) electrons. The van der Waals surface area contributed by atoms with Gasteiger partial charge in [0.2, 0.25) is 5.91 Å². The van der Waals surface area contributed by atoms with Gasteiger partial charge in [-0.3, -0.25) is 4.79 Å². The van der Waals surface area contributed by atoms with Crippen LogP contribution in [0.5, 0.6) is 0 Å². The second-order valence-electron chi connectivity index (χ2n) is 5.30. The molecule has 1 saturated heterocycles. The Kier molecular flexibility index (Phi) is 5.00. The lowest BCUT2D eigenvalue weighted by atomic mass is 10.1. The Bertz CT molecular complexity index is 671. The van der Waals surface area contributed by atoms with Crippen LogP contribution in [0.25, 0.3) is 10.9 Å². The van der Waals surface area contributed by atoms with Crippen LogP contribution in [-0.4, -0.2) is 50.9 Å². The van der Waals surface area contributed by atoms with Crippen molar-refractivity contribution in [3.05, 3.63) is 36.0 Å². The Morgan fingerprint density at radius 3 is 3.00 bits per heavy atom. The van der Waals surface area contributed by atoms with Gasteiger partial charge >= 0.3 is 0 Å². The average molecular weight is 336 g/mol. The zero-order valence-electron chi connectivity index (χ0n) is 12.6. The van der Waals surface area contributed by atoms with Crippen LogP contribution in [-0.2, 0) is 11.8 Å². The molecule has 0 spiro atoms. The van der Waals surface area contributed by atoms with E-state index in [0.717, 1.165) is 18.1 Å². The zero-order valence-corrected chi connectivity index (χ0v) is 14.2. The van der Waals surface area contributed by atoms with Crippen LogP contribution < -0.4 is 0 Å². The Balaban J connectivity index is 1.83. The molecule has 1 amide bonds. The highest BCUT2D eigenvalue weighted by atomic mass is 32.2. The molecule has 2 heterocycles. The highest BCUT2D eigenvalue weighted by Gasteiger charge is 2.34. The van der Waals surface area contributed by atoms with E-state index in [4.69, 9.17) is 5.11 Å². The van der Waals surface area contributed by atoms with Gasteiger partial charge in [0.1, 0.15) is 5.37 Å². The number of aryl methyl sites for hydroxylation is 1. The number of carbonyl (C=O) groups is 1. The van der Waals surface area contributed by atoms with Crippen LogP contribution >= 0.6 is 23.5 Å². The van der Waals surface area contributed by atoms with Gasteiger partial charge in [-0.15, -0.1) is 11.8 Å². The third-order valence-electron chi connectivity index (χ3n) is 3.87. The number of hydrogen-bond acceptors (Lipinski definition) is 4. The number of thioether (sulfide) groups is 2. The van der Waals surface area contributed by atoms with Crippen LogP contribution in [0.15, 0.2) is 30.5 Å². The van der Waals surface area contributed by atoms with E-state index >= 15 is 0 Å². The molecule has 118 valence electrons. The summed E-state index contributed by atoms with van der Waals surface area (Å²) in [5, 5.41) is 10.2. The minimum absolute atomic E-state index is 0.105. The highest BCUT2D eigenvalue weighted by molar-refractivity contribution is 8.00. The fourth-order valence-corrected chi connectivity index (χ4v) is 4.75. The molecule has 3 rings (SSSR count). The molecule has 1 N–H and O–H groups in total. The lowest BCUT2D eigenvalue weighted by molar-refractivity contribution is -0.127. The quantitative estimate of drug-likeness (QED) is 0.823. The van der Waals surface area contributed by atoms with E-state index < -0.39 is 0 Å². The standard InChI is InChI=1S/C16H20N2O2S2/c1-17-10-13(12-4-2-3-5-14(12)17)16-18(15(20)11-22-16)6-8-21-9-7-19/h2-5,10,16,19H,6-9,11H2,1H3. The Labute approximate surface area is 138 Å². The zero-order chi connectivity index (χ0) is 15.5. The Hall–Kier alpha value is -1.11. The first kappa shape index (κ1) is 15.8. The molecule has 2 aromatic rings. The monoisotopic (exact) mass is 336 g/mol. The first-order valence-electron chi connectivity index (χ1n) is 7.36. The maximum Gasteiger partial charge on any atom is 0.233 e. The van der Waals surface area contributed by atoms with Gasteiger partial charge in [-0.2, -0.15) is 11.8 Å². The molecule has 0 aliphatic carbocycles.